The van der Waals surface area contributed by atoms with E-state index in [4.69, 9.17) is 4.74 Å². The number of pyridine rings is 1. The summed E-state index contributed by atoms with van der Waals surface area (Å²) in [5.74, 6) is 1.10. The summed E-state index contributed by atoms with van der Waals surface area (Å²) in [4.78, 5) is 25.0. The largest absolute Gasteiger partial charge is 0.486 e. The average Bonchev–Trinajstić information content (AvgIpc) is 3.34. The van der Waals surface area contributed by atoms with Crippen molar-refractivity contribution in [2.24, 2.45) is 0 Å². The van der Waals surface area contributed by atoms with E-state index in [2.05, 4.69) is 20.3 Å². The molecule has 148 valence electrons. The summed E-state index contributed by atoms with van der Waals surface area (Å²) >= 11 is 0. The van der Waals surface area contributed by atoms with E-state index < -0.39 is 0 Å². The van der Waals surface area contributed by atoms with Crippen LogP contribution in [-0.2, 0) is 6.61 Å². The van der Waals surface area contributed by atoms with Crippen molar-refractivity contribution in [1.29, 1.82) is 0 Å². The van der Waals surface area contributed by atoms with Crippen molar-refractivity contribution in [2.75, 3.05) is 5.32 Å². The number of aryl methyl sites for hydroxylation is 1. The van der Waals surface area contributed by atoms with Crippen molar-refractivity contribution in [3.05, 3.63) is 90.1 Å². The van der Waals surface area contributed by atoms with Crippen molar-refractivity contribution in [2.45, 2.75) is 13.5 Å². The Morgan fingerprint density at radius 2 is 1.97 bits per heavy atom. The molecule has 2 N–H and O–H groups in total. The van der Waals surface area contributed by atoms with Gasteiger partial charge in [-0.15, -0.1) is 0 Å². The Balaban J connectivity index is 1.34. The fourth-order valence-corrected chi connectivity index (χ4v) is 3.40. The van der Waals surface area contributed by atoms with Gasteiger partial charge in [0, 0.05) is 18.1 Å². The fourth-order valence-electron chi connectivity index (χ4n) is 3.40. The molecular formula is C23H19N5O2. The number of aromatic amines is 1. The minimum atomic E-state index is -0.240. The van der Waals surface area contributed by atoms with Crippen molar-refractivity contribution >= 4 is 28.3 Å². The molecule has 0 fully saturated rings. The Labute approximate surface area is 172 Å². The lowest BCUT2D eigenvalue weighted by atomic mass is 10.1. The number of ether oxygens (including phenoxy) is 1. The smallest absolute Gasteiger partial charge is 0.259 e. The summed E-state index contributed by atoms with van der Waals surface area (Å²) in [7, 11) is 0. The van der Waals surface area contributed by atoms with E-state index in [0.717, 1.165) is 28.2 Å². The van der Waals surface area contributed by atoms with Gasteiger partial charge in [0.1, 0.15) is 23.8 Å². The van der Waals surface area contributed by atoms with Gasteiger partial charge in [-0.3, -0.25) is 4.79 Å². The lowest BCUT2D eigenvalue weighted by molar-refractivity contribution is 0.102. The number of hydrogen-bond acceptors (Lipinski definition) is 4. The summed E-state index contributed by atoms with van der Waals surface area (Å²) in [5.41, 5.74) is 4.53. The van der Waals surface area contributed by atoms with E-state index in [9.17, 15) is 4.79 Å². The van der Waals surface area contributed by atoms with E-state index in [0.29, 0.717) is 17.0 Å². The van der Waals surface area contributed by atoms with Crippen LogP contribution in [0.3, 0.4) is 0 Å². The van der Waals surface area contributed by atoms with Crippen LogP contribution >= 0.6 is 0 Å². The highest BCUT2D eigenvalue weighted by Gasteiger charge is 2.14. The number of anilines is 1. The Bertz CT molecular complexity index is 1340. The number of benzene rings is 2. The molecule has 30 heavy (non-hydrogen) atoms. The summed E-state index contributed by atoms with van der Waals surface area (Å²) in [6.45, 7) is 2.17. The zero-order chi connectivity index (χ0) is 20.5. The Hall–Kier alpha value is -4.13. The molecule has 0 spiro atoms. The molecule has 7 nitrogen and oxygen atoms in total. The molecule has 0 atom stereocenters. The molecule has 0 unspecified atom stereocenters. The third kappa shape index (κ3) is 3.48. The van der Waals surface area contributed by atoms with Gasteiger partial charge in [-0.2, -0.15) is 0 Å². The first-order valence-corrected chi connectivity index (χ1v) is 9.58. The van der Waals surface area contributed by atoms with Gasteiger partial charge in [-0.1, -0.05) is 18.2 Å². The highest BCUT2D eigenvalue weighted by molar-refractivity contribution is 6.06. The molecule has 0 aliphatic heterocycles. The van der Waals surface area contributed by atoms with Crippen LogP contribution in [0.4, 0.5) is 5.69 Å². The van der Waals surface area contributed by atoms with Gasteiger partial charge in [0.2, 0.25) is 0 Å². The van der Waals surface area contributed by atoms with Crippen LogP contribution in [-0.4, -0.2) is 25.3 Å². The maximum absolute atomic E-state index is 12.9. The predicted octanol–water partition coefficient (Wildman–Crippen LogP) is 4.35. The lowest BCUT2D eigenvalue weighted by Gasteiger charge is -2.11. The maximum atomic E-state index is 12.9. The molecule has 0 saturated heterocycles. The quantitative estimate of drug-likeness (QED) is 0.462. The van der Waals surface area contributed by atoms with Gasteiger partial charge in [-0.25, -0.2) is 9.97 Å². The van der Waals surface area contributed by atoms with Crippen LogP contribution in [0.5, 0.6) is 5.75 Å². The van der Waals surface area contributed by atoms with Crippen LogP contribution in [0, 0.1) is 6.92 Å². The zero-order valence-corrected chi connectivity index (χ0v) is 16.3. The lowest BCUT2D eigenvalue weighted by Crippen LogP contribution is -2.13. The molecule has 3 heterocycles. The fraction of sp³-hybridized carbons (Fsp3) is 0.0870. The van der Waals surface area contributed by atoms with E-state index in [-0.39, 0.29) is 12.5 Å². The van der Waals surface area contributed by atoms with Crippen molar-refractivity contribution in [1.82, 2.24) is 19.4 Å². The number of carbonyl (C=O) groups is 1. The number of aromatic nitrogens is 4. The Kier molecular flexibility index (Phi) is 4.40. The molecule has 1 amide bonds. The maximum Gasteiger partial charge on any atom is 0.259 e. The monoisotopic (exact) mass is 397 g/mol. The molecule has 0 saturated carbocycles. The molecule has 2 aromatic carbocycles. The molecule has 0 aliphatic carbocycles. The average molecular weight is 397 g/mol. The molecule has 0 radical (unpaired) electrons. The van der Waals surface area contributed by atoms with Crippen LogP contribution < -0.4 is 10.1 Å². The van der Waals surface area contributed by atoms with Crippen LogP contribution in [0.25, 0.3) is 16.7 Å². The molecule has 0 aliphatic rings. The van der Waals surface area contributed by atoms with Crippen molar-refractivity contribution < 1.29 is 9.53 Å². The van der Waals surface area contributed by atoms with E-state index in [1.165, 1.54) is 0 Å². The van der Waals surface area contributed by atoms with E-state index >= 15 is 0 Å². The van der Waals surface area contributed by atoms with Gasteiger partial charge in [-0.05, 0) is 49.4 Å². The molecule has 5 aromatic rings. The second kappa shape index (κ2) is 7.36. The first-order valence-electron chi connectivity index (χ1n) is 9.58. The topological polar surface area (TPSA) is 84.3 Å². The van der Waals surface area contributed by atoms with Gasteiger partial charge in [0.25, 0.3) is 5.91 Å². The number of fused-ring (bicyclic) bond motifs is 2. The Morgan fingerprint density at radius 1 is 1.10 bits per heavy atom. The highest BCUT2D eigenvalue weighted by Crippen LogP contribution is 2.22. The molecule has 5 rings (SSSR count). The number of nitrogens with one attached hydrogen (secondary N) is 2. The number of para-hydroxylation sites is 1. The van der Waals surface area contributed by atoms with Crippen molar-refractivity contribution in [3.8, 4) is 5.75 Å². The SMILES string of the molecule is Cc1nc2ccc(NC(=O)c3ccccc3OCc3cn4ccccc4n3)cc2[nH]1. The summed E-state index contributed by atoms with van der Waals surface area (Å²) in [5, 5.41) is 2.93. The second-order valence-electron chi connectivity index (χ2n) is 6.99. The number of hydrogen-bond donors (Lipinski definition) is 2. The number of amides is 1. The normalized spacial score (nSPS) is 11.1. The minimum absolute atomic E-state index is 0.240. The molecular weight excluding hydrogens is 378 g/mol. The molecule has 0 bridgehead atoms. The third-order valence-electron chi connectivity index (χ3n) is 4.78. The molecule has 3 aromatic heterocycles. The van der Waals surface area contributed by atoms with Gasteiger partial charge in [0.05, 0.1) is 22.3 Å². The van der Waals surface area contributed by atoms with Gasteiger partial charge < -0.3 is 19.4 Å². The van der Waals surface area contributed by atoms with Crippen LogP contribution in [0.2, 0.25) is 0 Å². The third-order valence-corrected chi connectivity index (χ3v) is 4.78. The second-order valence-corrected chi connectivity index (χ2v) is 6.99. The number of H-pyrrole nitrogens is 1. The number of nitrogens with zero attached hydrogens (tertiary/aromatic N) is 3. The van der Waals surface area contributed by atoms with Gasteiger partial charge >= 0.3 is 0 Å². The number of carbonyl (C=O) groups excluding carboxylic acids is 1. The van der Waals surface area contributed by atoms with Gasteiger partial charge in [0.15, 0.2) is 0 Å². The zero-order valence-electron chi connectivity index (χ0n) is 16.3. The standard InChI is InChI=1S/C23H19N5O2/c1-15-24-19-10-9-16(12-20(19)25-15)27-23(29)18-6-2-3-7-21(18)30-14-17-13-28-11-5-4-8-22(28)26-17/h2-13H,14H2,1H3,(H,24,25)(H,27,29). The summed E-state index contributed by atoms with van der Waals surface area (Å²) in [6, 6.07) is 18.6. The molecule has 7 heteroatoms. The first-order chi connectivity index (χ1) is 14.7. The van der Waals surface area contributed by atoms with E-state index in [1.807, 2.05) is 72.2 Å². The van der Waals surface area contributed by atoms with E-state index in [1.54, 1.807) is 12.1 Å². The minimum Gasteiger partial charge on any atom is -0.486 e. The number of rotatable bonds is 5. The predicted molar refractivity (Wildman–Crippen MR) is 115 cm³/mol. The van der Waals surface area contributed by atoms with Crippen LogP contribution in [0.1, 0.15) is 21.9 Å². The first kappa shape index (κ1) is 17.9. The summed E-state index contributed by atoms with van der Waals surface area (Å²) in [6.07, 6.45) is 3.85. The number of imidazole rings is 2. The van der Waals surface area contributed by atoms with Crippen molar-refractivity contribution in [3.63, 3.8) is 0 Å². The highest BCUT2D eigenvalue weighted by atomic mass is 16.5. The summed E-state index contributed by atoms with van der Waals surface area (Å²) < 4.78 is 7.87. The van der Waals surface area contributed by atoms with Crippen LogP contribution in [0.15, 0.2) is 73.1 Å². The Morgan fingerprint density at radius 3 is 2.87 bits per heavy atom.